The van der Waals surface area contributed by atoms with Crippen LogP contribution in [-0.4, -0.2) is 35.8 Å². The molecule has 1 fully saturated rings. The van der Waals surface area contributed by atoms with Gasteiger partial charge in [-0.2, -0.15) is 0 Å². The zero-order valence-corrected chi connectivity index (χ0v) is 14.7. The summed E-state index contributed by atoms with van der Waals surface area (Å²) >= 11 is 1.71. The van der Waals surface area contributed by atoms with Crippen LogP contribution in [0.3, 0.4) is 0 Å². The van der Waals surface area contributed by atoms with Gasteiger partial charge in [0.05, 0.1) is 10.2 Å². The van der Waals surface area contributed by atoms with Crippen LogP contribution < -0.4 is 10.2 Å². The fourth-order valence-electron chi connectivity index (χ4n) is 2.80. The molecule has 0 spiro atoms. The molecule has 1 atom stereocenters. The van der Waals surface area contributed by atoms with Gasteiger partial charge in [-0.1, -0.05) is 23.5 Å². The topological polar surface area (TPSA) is 54.5 Å². The Hall–Kier alpha value is -1.82. The number of fused-ring (bicyclic) bond motifs is 1. The molecule has 1 unspecified atom stereocenters. The largest absolute Gasteiger partial charge is 0.444 e. The van der Waals surface area contributed by atoms with Crippen molar-refractivity contribution < 1.29 is 9.53 Å². The third kappa shape index (κ3) is 3.93. The van der Waals surface area contributed by atoms with E-state index in [0.717, 1.165) is 30.0 Å². The number of para-hydroxylation sites is 1. The van der Waals surface area contributed by atoms with Crippen molar-refractivity contribution in [1.29, 1.82) is 0 Å². The van der Waals surface area contributed by atoms with Gasteiger partial charge in [-0.05, 0) is 45.7 Å². The van der Waals surface area contributed by atoms with Gasteiger partial charge in [-0.3, -0.25) is 0 Å². The summed E-state index contributed by atoms with van der Waals surface area (Å²) in [6.07, 6.45) is 1.83. The fraction of sp³-hybridized carbons (Fsp3) is 0.529. The van der Waals surface area contributed by atoms with Gasteiger partial charge >= 0.3 is 6.09 Å². The molecule has 1 N–H and O–H groups in total. The van der Waals surface area contributed by atoms with Crippen LogP contribution >= 0.6 is 11.3 Å². The Morgan fingerprint density at radius 1 is 1.43 bits per heavy atom. The maximum Gasteiger partial charge on any atom is 0.407 e. The molecule has 6 heteroatoms. The number of carbonyl (C=O) groups excluding carboxylic acids is 1. The van der Waals surface area contributed by atoms with E-state index in [0.29, 0.717) is 6.54 Å². The minimum atomic E-state index is -0.466. The summed E-state index contributed by atoms with van der Waals surface area (Å²) in [6.45, 7) is 7.19. The van der Waals surface area contributed by atoms with Crippen molar-refractivity contribution in [2.45, 2.75) is 45.3 Å². The molecule has 1 aliphatic rings. The Balaban J connectivity index is 1.65. The van der Waals surface area contributed by atoms with Gasteiger partial charge in [-0.25, -0.2) is 9.78 Å². The molecule has 0 radical (unpaired) electrons. The van der Waals surface area contributed by atoms with Gasteiger partial charge in [-0.15, -0.1) is 0 Å². The van der Waals surface area contributed by atoms with E-state index in [1.165, 1.54) is 4.70 Å². The van der Waals surface area contributed by atoms with Crippen molar-refractivity contribution in [3.63, 3.8) is 0 Å². The molecule has 5 nitrogen and oxygen atoms in total. The number of aromatic nitrogens is 1. The van der Waals surface area contributed by atoms with Gasteiger partial charge in [0.1, 0.15) is 5.60 Å². The Kier molecular flexibility index (Phi) is 4.43. The molecule has 1 aromatic carbocycles. The first-order valence-electron chi connectivity index (χ1n) is 8.01. The summed E-state index contributed by atoms with van der Waals surface area (Å²) in [7, 11) is 0. The van der Waals surface area contributed by atoms with Crippen LogP contribution in [0.5, 0.6) is 0 Å². The molecule has 23 heavy (non-hydrogen) atoms. The molecular formula is C17H23N3O2S. The van der Waals surface area contributed by atoms with Crippen molar-refractivity contribution in [1.82, 2.24) is 10.3 Å². The lowest BCUT2D eigenvalue weighted by molar-refractivity contribution is 0.0525. The van der Waals surface area contributed by atoms with E-state index in [1.54, 1.807) is 11.3 Å². The first kappa shape index (κ1) is 16.1. The summed E-state index contributed by atoms with van der Waals surface area (Å²) in [4.78, 5) is 18.9. The molecule has 1 saturated heterocycles. The molecule has 0 saturated carbocycles. The van der Waals surface area contributed by atoms with Gasteiger partial charge in [0.2, 0.25) is 0 Å². The highest BCUT2D eigenvalue weighted by atomic mass is 32.1. The maximum atomic E-state index is 11.8. The van der Waals surface area contributed by atoms with Crippen LogP contribution in [0.25, 0.3) is 10.2 Å². The highest BCUT2D eigenvalue weighted by molar-refractivity contribution is 7.22. The maximum absolute atomic E-state index is 11.8. The molecule has 0 bridgehead atoms. The number of thiazole rings is 1. The summed E-state index contributed by atoms with van der Waals surface area (Å²) in [5.74, 6) is 0. The van der Waals surface area contributed by atoms with Crippen LogP contribution in [0.1, 0.15) is 33.6 Å². The lowest BCUT2D eigenvalue weighted by atomic mass is 10.2. The van der Waals surface area contributed by atoms with Crippen LogP contribution in [0.4, 0.5) is 9.93 Å². The zero-order chi connectivity index (χ0) is 16.4. The SMILES string of the molecule is CC(C)(C)OC(=O)NCC1CCCN1c1nc2ccccc2s1. The monoisotopic (exact) mass is 333 g/mol. The Bertz CT molecular complexity index is 659. The number of hydrogen-bond acceptors (Lipinski definition) is 5. The van der Waals surface area contributed by atoms with E-state index in [9.17, 15) is 4.79 Å². The number of alkyl carbamates (subject to hydrolysis) is 1. The smallest absolute Gasteiger partial charge is 0.407 e. The average Bonchev–Trinajstić information content (AvgIpc) is 3.09. The van der Waals surface area contributed by atoms with Crippen molar-refractivity contribution >= 4 is 32.8 Å². The van der Waals surface area contributed by atoms with E-state index in [1.807, 2.05) is 39.0 Å². The Morgan fingerprint density at radius 3 is 2.96 bits per heavy atom. The van der Waals surface area contributed by atoms with Crippen LogP contribution in [-0.2, 0) is 4.74 Å². The fourth-order valence-corrected chi connectivity index (χ4v) is 3.86. The van der Waals surface area contributed by atoms with Crippen LogP contribution in [0.15, 0.2) is 24.3 Å². The summed E-state index contributed by atoms with van der Waals surface area (Å²) < 4.78 is 6.51. The Labute approximate surface area is 140 Å². The second-order valence-corrected chi connectivity index (χ2v) is 7.85. The molecule has 1 aliphatic heterocycles. The number of nitrogens with one attached hydrogen (secondary N) is 1. The van der Waals surface area contributed by atoms with Gasteiger partial charge in [0, 0.05) is 19.1 Å². The highest BCUT2D eigenvalue weighted by Gasteiger charge is 2.28. The normalized spacial score (nSPS) is 18.4. The first-order chi connectivity index (χ1) is 10.9. The van der Waals surface area contributed by atoms with E-state index in [2.05, 4.69) is 16.3 Å². The first-order valence-corrected chi connectivity index (χ1v) is 8.83. The number of benzene rings is 1. The quantitative estimate of drug-likeness (QED) is 0.928. The predicted octanol–water partition coefficient (Wildman–Crippen LogP) is 3.79. The van der Waals surface area contributed by atoms with Crippen LogP contribution in [0, 0.1) is 0 Å². The van der Waals surface area contributed by atoms with E-state index < -0.39 is 5.60 Å². The third-order valence-electron chi connectivity index (χ3n) is 3.79. The lowest BCUT2D eigenvalue weighted by Crippen LogP contribution is -2.42. The van der Waals surface area contributed by atoms with Crippen molar-refractivity contribution in [3.8, 4) is 0 Å². The molecule has 124 valence electrons. The zero-order valence-electron chi connectivity index (χ0n) is 13.8. The summed E-state index contributed by atoms with van der Waals surface area (Å²) in [5.41, 5.74) is 0.574. The molecule has 3 rings (SSSR count). The second kappa shape index (κ2) is 6.35. The number of nitrogens with zero attached hydrogens (tertiary/aromatic N) is 2. The molecule has 1 amide bonds. The molecule has 2 aromatic rings. The van der Waals surface area contributed by atoms with E-state index in [4.69, 9.17) is 9.72 Å². The van der Waals surface area contributed by atoms with Crippen molar-refractivity contribution in [2.75, 3.05) is 18.0 Å². The van der Waals surface area contributed by atoms with Gasteiger partial charge in [0.25, 0.3) is 0 Å². The second-order valence-electron chi connectivity index (χ2n) is 6.84. The molecule has 1 aromatic heterocycles. The third-order valence-corrected chi connectivity index (χ3v) is 4.86. The van der Waals surface area contributed by atoms with Crippen LogP contribution in [0.2, 0.25) is 0 Å². The van der Waals surface area contributed by atoms with E-state index in [-0.39, 0.29) is 12.1 Å². The number of rotatable bonds is 3. The average molecular weight is 333 g/mol. The predicted molar refractivity (Wildman–Crippen MR) is 94.2 cm³/mol. The number of anilines is 1. The Morgan fingerprint density at radius 2 is 2.22 bits per heavy atom. The summed E-state index contributed by atoms with van der Waals surface area (Å²) in [5, 5.41) is 3.93. The summed E-state index contributed by atoms with van der Waals surface area (Å²) in [6, 6.07) is 8.47. The molecule has 0 aliphatic carbocycles. The standard InChI is InChI=1S/C17H23N3O2S/c1-17(2,3)22-16(21)18-11-12-7-6-10-20(12)15-19-13-8-4-5-9-14(13)23-15/h4-5,8-9,12H,6-7,10-11H2,1-3H3,(H,18,21). The van der Waals surface area contributed by atoms with Crippen molar-refractivity contribution in [2.24, 2.45) is 0 Å². The van der Waals surface area contributed by atoms with Gasteiger partial charge in [0.15, 0.2) is 5.13 Å². The number of hydrogen-bond donors (Lipinski definition) is 1. The lowest BCUT2D eigenvalue weighted by Gasteiger charge is -2.25. The minimum absolute atomic E-state index is 0.281. The highest BCUT2D eigenvalue weighted by Crippen LogP contribution is 2.32. The van der Waals surface area contributed by atoms with Gasteiger partial charge < -0.3 is 15.0 Å². The van der Waals surface area contributed by atoms with E-state index >= 15 is 0 Å². The molecular weight excluding hydrogens is 310 g/mol. The number of carbonyl (C=O) groups is 1. The number of amides is 1. The molecule has 2 heterocycles. The number of ether oxygens (including phenoxy) is 1. The minimum Gasteiger partial charge on any atom is -0.444 e. The van der Waals surface area contributed by atoms with Crippen molar-refractivity contribution in [3.05, 3.63) is 24.3 Å².